The number of ether oxygens (including phenoxy) is 1. The summed E-state index contributed by atoms with van der Waals surface area (Å²) in [6.45, 7) is 0.0519. The molecule has 0 aliphatic carbocycles. The third kappa shape index (κ3) is 3.57. The van der Waals surface area contributed by atoms with Gasteiger partial charge in [-0.1, -0.05) is 6.07 Å². The molecule has 0 aliphatic heterocycles. The van der Waals surface area contributed by atoms with Crippen molar-refractivity contribution in [3.05, 3.63) is 58.4 Å². The van der Waals surface area contributed by atoms with Crippen molar-refractivity contribution in [1.82, 2.24) is 9.71 Å². The quantitative estimate of drug-likeness (QED) is 0.636. The number of nitro groups is 1. The summed E-state index contributed by atoms with van der Waals surface area (Å²) in [4.78, 5) is 13.8. The van der Waals surface area contributed by atoms with Gasteiger partial charge >= 0.3 is 0 Å². The smallest absolute Gasteiger partial charge is 0.273 e. The van der Waals surface area contributed by atoms with E-state index in [-0.39, 0.29) is 22.9 Å². The lowest BCUT2D eigenvalue weighted by Crippen LogP contribution is -2.23. The maximum absolute atomic E-state index is 12.3. The third-order valence-electron chi connectivity index (χ3n) is 2.84. The first-order chi connectivity index (χ1) is 10.4. The van der Waals surface area contributed by atoms with Crippen LogP contribution in [-0.4, -0.2) is 25.4 Å². The van der Waals surface area contributed by atoms with Crippen LogP contribution in [0.15, 0.2) is 47.6 Å². The van der Waals surface area contributed by atoms with Crippen LogP contribution in [0.1, 0.15) is 5.56 Å². The number of nitrogens with zero attached hydrogens (tertiary/aromatic N) is 2. The van der Waals surface area contributed by atoms with Crippen molar-refractivity contribution >= 4 is 15.7 Å². The van der Waals surface area contributed by atoms with Crippen molar-refractivity contribution in [3.8, 4) is 5.75 Å². The van der Waals surface area contributed by atoms with Crippen LogP contribution in [0.3, 0.4) is 0 Å². The molecular formula is C13H13N3O5S. The van der Waals surface area contributed by atoms with Gasteiger partial charge in [-0.3, -0.25) is 15.1 Å². The number of hydrogen-bond donors (Lipinski definition) is 1. The Morgan fingerprint density at radius 1 is 1.36 bits per heavy atom. The largest absolute Gasteiger partial charge is 0.495 e. The first-order valence-electron chi connectivity index (χ1n) is 6.15. The SMILES string of the molecule is COc1cc([N+](=O)[O-])ccc1S(=O)(=O)NCc1cccnc1. The lowest BCUT2D eigenvalue weighted by Gasteiger charge is -2.10. The predicted octanol–water partition coefficient (Wildman–Crippen LogP) is 1.48. The molecule has 9 heteroatoms. The number of benzene rings is 1. The fraction of sp³-hybridized carbons (Fsp3) is 0.154. The van der Waals surface area contributed by atoms with Gasteiger partial charge in [0.2, 0.25) is 10.0 Å². The number of non-ortho nitro benzene ring substituents is 1. The second-order valence-electron chi connectivity index (χ2n) is 4.28. The summed E-state index contributed by atoms with van der Waals surface area (Å²) in [7, 11) is -2.62. The van der Waals surface area contributed by atoms with E-state index in [0.29, 0.717) is 5.56 Å². The van der Waals surface area contributed by atoms with Gasteiger partial charge in [0.1, 0.15) is 10.6 Å². The zero-order valence-corrected chi connectivity index (χ0v) is 12.4. The van der Waals surface area contributed by atoms with E-state index in [1.165, 1.54) is 13.3 Å². The zero-order chi connectivity index (χ0) is 16.2. The zero-order valence-electron chi connectivity index (χ0n) is 11.6. The number of aromatic nitrogens is 1. The van der Waals surface area contributed by atoms with Gasteiger partial charge in [0, 0.05) is 25.0 Å². The molecule has 8 nitrogen and oxygen atoms in total. The van der Waals surface area contributed by atoms with Crippen LogP contribution in [0, 0.1) is 10.1 Å². The predicted molar refractivity (Wildman–Crippen MR) is 77.9 cm³/mol. The Kier molecular flexibility index (Phi) is 4.68. The summed E-state index contributed by atoms with van der Waals surface area (Å²) in [5, 5.41) is 10.7. The van der Waals surface area contributed by atoms with E-state index in [2.05, 4.69) is 9.71 Å². The van der Waals surface area contributed by atoms with Crippen LogP contribution < -0.4 is 9.46 Å². The van der Waals surface area contributed by atoms with Crippen molar-refractivity contribution in [3.63, 3.8) is 0 Å². The summed E-state index contributed by atoms with van der Waals surface area (Å²) in [6.07, 6.45) is 3.12. The van der Waals surface area contributed by atoms with Crippen LogP contribution >= 0.6 is 0 Å². The minimum absolute atomic E-state index is 0.0519. The van der Waals surface area contributed by atoms with Crippen LogP contribution in [0.2, 0.25) is 0 Å². The van der Waals surface area contributed by atoms with Crippen LogP contribution in [0.4, 0.5) is 5.69 Å². The number of hydrogen-bond acceptors (Lipinski definition) is 6. The minimum atomic E-state index is -3.87. The van der Waals surface area contributed by atoms with E-state index in [1.54, 1.807) is 18.3 Å². The molecule has 1 N–H and O–H groups in total. The average molecular weight is 323 g/mol. The molecule has 2 aromatic rings. The fourth-order valence-corrected chi connectivity index (χ4v) is 2.92. The van der Waals surface area contributed by atoms with Gasteiger partial charge in [0.05, 0.1) is 18.1 Å². The summed E-state index contributed by atoms with van der Waals surface area (Å²) in [6, 6.07) is 6.74. The first-order valence-corrected chi connectivity index (χ1v) is 7.63. The van der Waals surface area contributed by atoms with Crippen molar-refractivity contribution < 1.29 is 18.1 Å². The van der Waals surface area contributed by atoms with Crippen LogP contribution in [-0.2, 0) is 16.6 Å². The molecule has 1 heterocycles. The van der Waals surface area contributed by atoms with E-state index in [9.17, 15) is 18.5 Å². The molecular weight excluding hydrogens is 310 g/mol. The van der Waals surface area contributed by atoms with Crippen LogP contribution in [0.5, 0.6) is 5.75 Å². The molecule has 116 valence electrons. The highest BCUT2D eigenvalue weighted by atomic mass is 32.2. The number of rotatable bonds is 6. The summed E-state index contributed by atoms with van der Waals surface area (Å²) >= 11 is 0. The molecule has 2 rings (SSSR count). The Morgan fingerprint density at radius 2 is 2.14 bits per heavy atom. The molecule has 22 heavy (non-hydrogen) atoms. The van der Waals surface area contributed by atoms with Crippen molar-refractivity contribution in [2.24, 2.45) is 0 Å². The molecule has 0 saturated heterocycles. The van der Waals surface area contributed by atoms with Gasteiger partial charge in [-0.15, -0.1) is 0 Å². The number of nitrogens with one attached hydrogen (secondary N) is 1. The van der Waals surface area contributed by atoms with Gasteiger partial charge in [0.15, 0.2) is 0 Å². The lowest BCUT2D eigenvalue weighted by atomic mass is 10.3. The van der Waals surface area contributed by atoms with Gasteiger partial charge in [-0.2, -0.15) is 0 Å². The molecule has 0 atom stereocenters. The van der Waals surface area contributed by atoms with E-state index < -0.39 is 14.9 Å². The Labute approximate surface area is 127 Å². The van der Waals surface area contributed by atoms with E-state index in [1.807, 2.05) is 0 Å². The molecule has 0 fully saturated rings. The van der Waals surface area contributed by atoms with Gasteiger partial charge in [0.25, 0.3) is 5.69 Å². The first kappa shape index (κ1) is 15.9. The average Bonchev–Trinajstić information content (AvgIpc) is 2.53. The van der Waals surface area contributed by atoms with Gasteiger partial charge in [-0.05, 0) is 17.7 Å². The normalized spacial score (nSPS) is 11.1. The topological polar surface area (TPSA) is 111 Å². The van der Waals surface area contributed by atoms with E-state index in [4.69, 9.17) is 4.74 Å². The molecule has 0 amide bonds. The molecule has 0 unspecified atom stereocenters. The molecule has 0 spiro atoms. The van der Waals surface area contributed by atoms with Gasteiger partial charge in [-0.25, -0.2) is 13.1 Å². The number of nitro benzene ring substituents is 1. The number of methoxy groups -OCH3 is 1. The Morgan fingerprint density at radius 3 is 2.73 bits per heavy atom. The molecule has 0 saturated carbocycles. The number of sulfonamides is 1. The number of pyridine rings is 1. The minimum Gasteiger partial charge on any atom is -0.495 e. The Hall–Kier alpha value is -2.52. The van der Waals surface area contributed by atoms with Crippen molar-refractivity contribution in [2.45, 2.75) is 11.4 Å². The molecule has 0 aliphatic rings. The molecule has 1 aromatic carbocycles. The summed E-state index contributed by atoms with van der Waals surface area (Å²) in [5.74, 6) is -0.0899. The Bertz CT molecular complexity index is 778. The van der Waals surface area contributed by atoms with E-state index >= 15 is 0 Å². The Balaban J connectivity index is 2.27. The van der Waals surface area contributed by atoms with Crippen molar-refractivity contribution in [2.75, 3.05) is 7.11 Å². The monoisotopic (exact) mass is 323 g/mol. The maximum atomic E-state index is 12.3. The molecule has 0 bridgehead atoms. The highest BCUT2D eigenvalue weighted by Gasteiger charge is 2.22. The standard InChI is InChI=1S/C13H13N3O5S/c1-21-12-7-11(16(17)18)4-5-13(12)22(19,20)15-9-10-3-2-6-14-8-10/h2-8,15H,9H2,1H3. The highest BCUT2D eigenvalue weighted by molar-refractivity contribution is 7.89. The third-order valence-corrected chi connectivity index (χ3v) is 4.28. The molecule has 0 radical (unpaired) electrons. The van der Waals surface area contributed by atoms with Gasteiger partial charge < -0.3 is 4.74 Å². The second kappa shape index (κ2) is 6.50. The highest BCUT2D eigenvalue weighted by Crippen LogP contribution is 2.28. The van der Waals surface area contributed by atoms with Crippen molar-refractivity contribution in [1.29, 1.82) is 0 Å². The molecule has 1 aromatic heterocycles. The second-order valence-corrected chi connectivity index (χ2v) is 6.01. The lowest BCUT2D eigenvalue weighted by molar-refractivity contribution is -0.385. The maximum Gasteiger partial charge on any atom is 0.273 e. The summed E-state index contributed by atoms with van der Waals surface area (Å²) in [5.41, 5.74) is 0.440. The summed E-state index contributed by atoms with van der Waals surface area (Å²) < 4.78 is 31.9. The van der Waals surface area contributed by atoms with Crippen LogP contribution in [0.25, 0.3) is 0 Å². The van der Waals surface area contributed by atoms with E-state index in [0.717, 1.165) is 18.2 Å². The fourth-order valence-electron chi connectivity index (χ4n) is 1.75.